The molecule has 16 heavy (non-hydrogen) atoms. The molecule has 0 aliphatic heterocycles. The fraction of sp³-hybridized carbons (Fsp3) is 0.455. The zero-order valence-electron chi connectivity index (χ0n) is 8.68. The summed E-state index contributed by atoms with van der Waals surface area (Å²) in [6.45, 7) is 1.50. The molecule has 0 saturated heterocycles. The molecular formula is C11H12F4O. The standard InChI is InChI=1S/C11H12F4O/c1-7(16)2-3-8-4-5-9(12)6-10(8)11(13,14)15/h4-7,16H,2-3H2,1H3/t7-/m0/s1. The normalized spacial score (nSPS) is 13.9. The van der Waals surface area contributed by atoms with Crippen LogP contribution < -0.4 is 0 Å². The molecule has 90 valence electrons. The van der Waals surface area contributed by atoms with Crippen LogP contribution in [0.25, 0.3) is 0 Å². The van der Waals surface area contributed by atoms with Crippen LogP contribution in [-0.4, -0.2) is 11.2 Å². The Bertz CT molecular complexity index is 357. The molecule has 0 saturated carbocycles. The molecule has 1 N–H and O–H groups in total. The Kier molecular flexibility index (Phi) is 3.91. The van der Waals surface area contributed by atoms with E-state index in [0.29, 0.717) is 6.07 Å². The molecule has 0 aliphatic rings. The number of hydrogen-bond donors (Lipinski definition) is 1. The molecule has 0 unspecified atom stereocenters. The summed E-state index contributed by atoms with van der Waals surface area (Å²) in [5, 5.41) is 9.01. The number of aryl methyl sites for hydroxylation is 1. The van der Waals surface area contributed by atoms with Gasteiger partial charge in [-0.15, -0.1) is 0 Å². The van der Waals surface area contributed by atoms with E-state index in [2.05, 4.69) is 0 Å². The molecule has 1 atom stereocenters. The van der Waals surface area contributed by atoms with Crippen LogP contribution in [0.15, 0.2) is 18.2 Å². The maximum Gasteiger partial charge on any atom is 0.416 e. The molecule has 0 aromatic heterocycles. The zero-order valence-corrected chi connectivity index (χ0v) is 8.68. The van der Waals surface area contributed by atoms with Crippen molar-refractivity contribution in [3.05, 3.63) is 35.1 Å². The van der Waals surface area contributed by atoms with Crippen molar-refractivity contribution < 1.29 is 22.7 Å². The Morgan fingerprint density at radius 3 is 2.44 bits per heavy atom. The predicted octanol–water partition coefficient (Wildman–Crippen LogP) is 3.16. The molecule has 1 aromatic rings. The summed E-state index contributed by atoms with van der Waals surface area (Å²) < 4.78 is 50.3. The molecule has 1 nitrogen and oxygen atoms in total. The van der Waals surface area contributed by atoms with E-state index >= 15 is 0 Å². The van der Waals surface area contributed by atoms with Crippen molar-refractivity contribution in [1.29, 1.82) is 0 Å². The first-order valence-corrected chi connectivity index (χ1v) is 4.84. The van der Waals surface area contributed by atoms with Crippen LogP contribution in [0, 0.1) is 5.82 Å². The van der Waals surface area contributed by atoms with Gasteiger partial charge >= 0.3 is 6.18 Å². The van der Waals surface area contributed by atoms with Crippen molar-refractivity contribution in [3.8, 4) is 0 Å². The lowest BCUT2D eigenvalue weighted by atomic mass is 10.0. The van der Waals surface area contributed by atoms with Gasteiger partial charge in [0.15, 0.2) is 0 Å². The van der Waals surface area contributed by atoms with Crippen molar-refractivity contribution in [2.24, 2.45) is 0 Å². The third-order valence-corrected chi connectivity index (χ3v) is 2.21. The van der Waals surface area contributed by atoms with Crippen molar-refractivity contribution in [2.45, 2.75) is 32.0 Å². The van der Waals surface area contributed by atoms with Crippen LogP contribution in [0.4, 0.5) is 17.6 Å². The highest BCUT2D eigenvalue weighted by atomic mass is 19.4. The first-order valence-electron chi connectivity index (χ1n) is 4.84. The average molecular weight is 236 g/mol. The van der Waals surface area contributed by atoms with Crippen LogP contribution in [0.1, 0.15) is 24.5 Å². The monoisotopic (exact) mass is 236 g/mol. The molecule has 0 amide bonds. The second kappa shape index (κ2) is 4.82. The van der Waals surface area contributed by atoms with Gasteiger partial charge in [0, 0.05) is 0 Å². The van der Waals surface area contributed by atoms with Crippen molar-refractivity contribution in [2.75, 3.05) is 0 Å². The second-order valence-electron chi connectivity index (χ2n) is 3.69. The molecule has 0 aliphatic carbocycles. The van der Waals surface area contributed by atoms with E-state index in [1.807, 2.05) is 0 Å². The van der Waals surface area contributed by atoms with Gasteiger partial charge in [-0.05, 0) is 37.5 Å². The summed E-state index contributed by atoms with van der Waals surface area (Å²) in [6.07, 6.45) is -4.94. The van der Waals surface area contributed by atoms with E-state index in [4.69, 9.17) is 5.11 Å². The second-order valence-corrected chi connectivity index (χ2v) is 3.69. The highest BCUT2D eigenvalue weighted by Crippen LogP contribution is 2.33. The molecule has 0 heterocycles. The van der Waals surface area contributed by atoms with Gasteiger partial charge in [0.1, 0.15) is 5.82 Å². The summed E-state index contributed by atoms with van der Waals surface area (Å²) >= 11 is 0. The summed E-state index contributed by atoms with van der Waals surface area (Å²) in [4.78, 5) is 0. The maximum atomic E-state index is 12.7. The van der Waals surface area contributed by atoms with Crippen molar-refractivity contribution in [3.63, 3.8) is 0 Å². The van der Waals surface area contributed by atoms with Gasteiger partial charge in [-0.3, -0.25) is 0 Å². The van der Waals surface area contributed by atoms with E-state index in [0.717, 1.165) is 12.1 Å². The summed E-state index contributed by atoms with van der Waals surface area (Å²) in [5.41, 5.74) is -0.956. The molecule has 0 spiro atoms. The highest BCUT2D eigenvalue weighted by molar-refractivity contribution is 5.30. The van der Waals surface area contributed by atoms with Gasteiger partial charge in [0.05, 0.1) is 11.7 Å². The smallest absolute Gasteiger partial charge is 0.393 e. The maximum absolute atomic E-state index is 12.7. The van der Waals surface area contributed by atoms with E-state index in [-0.39, 0.29) is 18.4 Å². The van der Waals surface area contributed by atoms with Gasteiger partial charge in [-0.2, -0.15) is 13.2 Å². The summed E-state index contributed by atoms with van der Waals surface area (Å²) in [5.74, 6) is -0.909. The third-order valence-electron chi connectivity index (χ3n) is 2.21. The molecule has 1 rings (SSSR count). The minimum absolute atomic E-state index is 0.00907. The van der Waals surface area contributed by atoms with E-state index in [9.17, 15) is 17.6 Å². The first kappa shape index (κ1) is 13.0. The van der Waals surface area contributed by atoms with E-state index < -0.39 is 23.7 Å². The minimum Gasteiger partial charge on any atom is -0.393 e. The van der Waals surface area contributed by atoms with Crippen LogP contribution in [0.3, 0.4) is 0 Å². The average Bonchev–Trinajstić information content (AvgIpc) is 2.14. The molecule has 5 heteroatoms. The number of halogens is 4. The largest absolute Gasteiger partial charge is 0.416 e. The van der Waals surface area contributed by atoms with Crippen LogP contribution >= 0.6 is 0 Å². The lowest BCUT2D eigenvalue weighted by Crippen LogP contribution is -2.11. The topological polar surface area (TPSA) is 20.2 Å². The summed E-state index contributed by atoms with van der Waals surface area (Å²) in [7, 11) is 0. The van der Waals surface area contributed by atoms with Gasteiger partial charge < -0.3 is 5.11 Å². The van der Waals surface area contributed by atoms with Crippen LogP contribution in [0.2, 0.25) is 0 Å². The minimum atomic E-state index is -4.56. The molecule has 1 aromatic carbocycles. The van der Waals surface area contributed by atoms with Gasteiger partial charge in [-0.25, -0.2) is 4.39 Å². The van der Waals surface area contributed by atoms with Crippen LogP contribution in [0.5, 0.6) is 0 Å². The van der Waals surface area contributed by atoms with Crippen molar-refractivity contribution >= 4 is 0 Å². The Morgan fingerprint density at radius 1 is 1.31 bits per heavy atom. The number of benzene rings is 1. The Morgan fingerprint density at radius 2 is 1.94 bits per heavy atom. The van der Waals surface area contributed by atoms with Crippen molar-refractivity contribution in [1.82, 2.24) is 0 Å². The Balaban J connectivity index is 2.99. The highest BCUT2D eigenvalue weighted by Gasteiger charge is 2.33. The Labute approximate surface area is 90.7 Å². The van der Waals surface area contributed by atoms with Gasteiger partial charge in [-0.1, -0.05) is 6.07 Å². The fourth-order valence-electron chi connectivity index (χ4n) is 1.39. The van der Waals surface area contributed by atoms with Gasteiger partial charge in [0.2, 0.25) is 0 Å². The Hall–Kier alpha value is -1.10. The number of alkyl halides is 3. The SMILES string of the molecule is C[C@H](O)CCc1ccc(F)cc1C(F)(F)F. The van der Waals surface area contributed by atoms with Crippen LogP contribution in [-0.2, 0) is 12.6 Å². The zero-order chi connectivity index (χ0) is 12.3. The lowest BCUT2D eigenvalue weighted by molar-refractivity contribution is -0.138. The summed E-state index contributed by atoms with van der Waals surface area (Å²) in [6, 6.07) is 2.59. The predicted molar refractivity (Wildman–Crippen MR) is 51.4 cm³/mol. The lowest BCUT2D eigenvalue weighted by Gasteiger charge is -2.13. The number of aliphatic hydroxyl groups excluding tert-OH is 1. The fourth-order valence-corrected chi connectivity index (χ4v) is 1.39. The molecular weight excluding hydrogens is 224 g/mol. The number of aliphatic hydroxyl groups is 1. The van der Waals surface area contributed by atoms with E-state index in [1.165, 1.54) is 6.92 Å². The molecule has 0 bridgehead atoms. The number of rotatable bonds is 3. The molecule has 0 fully saturated rings. The van der Waals surface area contributed by atoms with E-state index in [1.54, 1.807) is 0 Å². The van der Waals surface area contributed by atoms with Gasteiger partial charge in [0.25, 0.3) is 0 Å². The quantitative estimate of drug-likeness (QED) is 0.799. The molecule has 0 radical (unpaired) electrons. The number of hydrogen-bond acceptors (Lipinski definition) is 1. The first-order chi connectivity index (χ1) is 7.30. The third kappa shape index (κ3) is 3.48.